The van der Waals surface area contributed by atoms with Gasteiger partial charge in [0.1, 0.15) is 12.6 Å². The van der Waals surface area contributed by atoms with Crippen molar-refractivity contribution in [3.63, 3.8) is 0 Å². The van der Waals surface area contributed by atoms with Gasteiger partial charge in [-0.3, -0.25) is 9.69 Å². The number of carbonyl (C=O) groups excluding carboxylic acids is 2. The number of aromatic nitrogens is 3. The third-order valence-electron chi connectivity index (χ3n) is 6.29. The first kappa shape index (κ1) is 27.2. The molecule has 1 aliphatic heterocycles. The zero-order valence-corrected chi connectivity index (χ0v) is 21.4. The smallest absolute Gasteiger partial charge is 0.416 e. The van der Waals surface area contributed by atoms with Crippen LogP contribution in [-0.4, -0.2) is 52.3 Å². The first-order chi connectivity index (χ1) is 18.4. The van der Waals surface area contributed by atoms with Crippen LogP contribution in [0.3, 0.4) is 0 Å². The Morgan fingerprint density at radius 3 is 2.38 bits per heavy atom. The predicted octanol–water partition coefficient (Wildman–Crippen LogP) is 3.21. The second kappa shape index (κ2) is 10.1. The molecule has 1 aliphatic rings. The van der Waals surface area contributed by atoms with Crippen LogP contribution in [0.5, 0.6) is 0 Å². The van der Waals surface area contributed by atoms with Crippen LogP contribution >= 0.6 is 0 Å². The zero-order valence-electron chi connectivity index (χ0n) is 21.4. The Morgan fingerprint density at radius 1 is 1.15 bits per heavy atom. The minimum atomic E-state index is -4.66. The van der Waals surface area contributed by atoms with Crippen LogP contribution in [0.25, 0.3) is 0 Å². The van der Waals surface area contributed by atoms with Gasteiger partial charge in [-0.1, -0.05) is 18.2 Å². The van der Waals surface area contributed by atoms with Crippen LogP contribution < -0.4 is 10.6 Å². The fraction of sp³-hybridized carbons (Fsp3) is 0.269. The number of benzene rings is 2. The lowest BCUT2D eigenvalue weighted by molar-refractivity contribution is -0.138. The minimum Gasteiger partial charge on any atom is -0.466 e. The monoisotopic (exact) mass is 540 g/mol. The van der Waals surface area contributed by atoms with E-state index in [1.807, 2.05) is 6.07 Å². The highest BCUT2D eigenvalue weighted by Crippen LogP contribution is 2.43. The Balaban J connectivity index is 2.05. The van der Waals surface area contributed by atoms with Gasteiger partial charge in [0.25, 0.3) is 0 Å². The molecule has 2 heterocycles. The number of rotatable bonds is 5. The molecule has 1 aromatic heterocycles. The molecule has 0 spiro atoms. The standard InChI is InChI=1S/C26H23F3N6O4/c1-15-21(23(37)39-4)22(17-10-8-16(13-30)9-11-17)35-24(31-33(25(35)38)14-20(36)32(2)3)34(15)19-7-5-6-18(12-19)26(27,28)29/h5-12,22H,14H2,1-4H3. The summed E-state index contributed by atoms with van der Waals surface area (Å²) in [5, 5.41) is 13.5. The molecular weight excluding hydrogens is 517 g/mol. The summed E-state index contributed by atoms with van der Waals surface area (Å²) in [6.45, 7) is 1.05. The van der Waals surface area contributed by atoms with E-state index in [0.717, 1.165) is 28.5 Å². The number of halogens is 3. The maximum atomic E-state index is 13.7. The molecule has 0 saturated heterocycles. The molecule has 10 nitrogen and oxygen atoms in total. The lowest BCUT2D eigenvalue weighted by Gasteiger charge is -2.35. The molecule has 0 N–H and O–H groups in total. The summed E-state index contributed by atoms with van der Waals surface area (Å²) in [7, 11) is 4.14. The second-order valence-corrected chi connectivity index (χ2v) is 8.91. The number of allylic oxidation sites excluding steroid dienone is 1. The first-order valence-corrected chi connectivity index (χ1v) is 11.5. The summed E-state index contributed by atoms with van der Waals surface area (Å²) >= 11 is 0. The zero-order chi connectivity index (χ0) is 28.6. The highest BCUT2D eigenvalue weighted by molar-refractivity contribution is 5.93. The van der Waals surface area contributed by atoms with Crippen molar-refractivity contribution in [1.29, 1.82) is 5.26 Å². The molecule has 2 aromatic carbocycles. The van der Waals surface area contributed by atoms with E-state index in [1.54, 1.807) is 12.1 Å². The SMILES string of the molecule is COC(=O)C1=C(C)N(c2cccc(C(F)(F)F)c2)c2nn(CC(=O)N(C)C)c(=O)n2C1c1ccc(C#N)cc1. The van der Waals surface area contributed by atoms with Gasteiger partial charge in [-0.05, 0) is 42.8 Å². The molecule has 0 fully saturated rings. The van der Waals surface area contributed by atoms with E-state index >= 15 is 0 Å². The summed E-state index contributed by atoms with van der Waals surface area (Å²) in [6.07, 6.45) is -4.66. The van der Waals surface area contributed by atoms with E-state index in [2.05, 4.69) is 5.10 Å². The van der Waals surface area contributed by atoms with E-state index in [4.69, 9.17) is 4.74 Å². The topological polar surface area (TPSA) is 113 Å². The quantitative estimate of drug-likeness (QED) is 0.457. The molecule has 3 aromatic rings. The fourth-order valence-corrected chi connectivity index (χ4v) is 4.31. The van der Waals surface area contributed by atoms with Crippen LogP contribution in [0.1, 0.15) is 29.7 Å². The van der Waals surface area contributed by atoms with E-state index in [1.165, 1.54) is 55.1 Å². The maximum Gasteiger partial charge on any atom is 0.416 e. The number of methoxy groups -OCH3 is 1. The minimum absolute atomic E-state index is 0.0145. The molecule has 1 unspecified atom stereocenters. The van der Waals surface area contributed by atoms with Crippen molar-refractivity contribution in [3.8, 4) is 6.07 Å². The third kappa shape index (κ3) is 4.88. The number of nitriles is 1. The van der Waals surface area contributed by atoms with E-state index in [0.29, 0.717) is 11.1 Å². The van der Waals surface area contributed by atoms with Crippen molar-refractivity contribution in [2.24, 2.45) is 0 Å². The molecule has 0 saturated carbocycles. The Bertz CT molecular complexity index is 1580. The van der Waals surface area contributed by atoms with Gasteiger partial charge < -0.3 is 9.64 Å². The number of likely N-dealkylation sites (N-methyl/N-ethyl adjacent to an activating group) is 1. The highest BCUT2D eigenvalue weighted by Gasteiger charge is 2.41. The number of hydrogen-bond acceptors (Lipinski definition) is 7. The Labute approximate surface area is 220 Å². The molecule has 202 valence electrons. The number of carbonyl (C=O) groups is 2. The molecule has 1 amide bonds. The van der Waals surface area contributed by atoms with Gasteiger partial charge in [-0.25, -0.2) is 18.8 Å². The Hall–Kier alpha value is -4.86. The van der Waals surface area contributed by atoms with Crippen LogP contribution in [0.15, 0.2) is 64.6 Å². The van der Waals surface area contributed by atoms with Gasteiger partial charge in [-0.2, -0.15) is 18.4 Å². The highest BCUT2D eigenvalue weighted by atomic mass is 19.4. The predicted molar refractivity (Wildman–Crippen MR) is 133 cm³/mol. The average molecular weight is 541 g/mol. The van der Waals surface area contributed by atoms with Crippen molar-refractivity contribution < 1.29 is 27.5 Å². The lowest BCUT2D eigenvalue weighted by Crippen LogP contribution is -2.39. The first-order valence-electron chi connectivity index (χ1n) is 11.5. The Kier molecular flexibility index (Phi) is 7.06. The molecule has 39 heavy (non-hydrogen) atoms. The molecule has 13 heteroatoms. The maximum absolute atomic E-state index is 13.7. The molecule has 0 aliphatic carbocycles. The van der Waals surface area contributed by atoms with Crippen molar-refractivity contribution in [2.75, 3.05) is 26.1 Å². The number of esters is 1. The fourth-order valence-electron chi connectivity index (χ4n) is 4.31. The normalized spacial score (nSPS) is 15.0. The summed E-state index contributed by atoms with van der Waals surface area (Å²) in [5.74, 6) is -1.38. The second-order valence-electron chi connectivity index (χ2n) is 8.91. The lowest BCUT2D eigenvalue weighted by atomic mass is 9.93. The summed E-state index contributed by atoms with van der Waals surface area (Å²) in [6, 6.07) is 11.3. The Morgan fingerprint density at radius 2 is 1.82 bits per heavy atom. The van der Waals surface area contributed by atoms with Gasteiger partial charge in [0.05, 0.1) is 29.9 Å². The van der Waals surface area contributed by atoms with E-state index in [9.17, 15) is 32.8 Å². The summed E-state index contributed by atoms with van der Waals surface area (Å²) < 4.78 is 47.8. The molecule has 4 rings (SSSR count). The van der Waals surface area contributed by atoms with Crippen LogP contribution in [0.4, 0.5) is 24.8 Å². The van der Waals surface area contributed by atoms with Gasteiger partial charge >= 0.3 is 17.8 Å². The number of anilines is 2. The third-order valence-corrected chi connectivity index (χ3v) is 6.29. The van der Waals surface area contributed by atoms with Crippen molar-refractivity contribution in [1.82, 2.24) is 19.2 Å². The van der Waals surface area contributed by atoms with Crippen LogP contribution in [0.2, 0.25) is 0 Å². The number of alkyl halides is 3. The van der Waals surface area contributed by atoms with Gasteiger partial charge in [0, 0.05) is 25.5 Å². The van der Waals surface area contributed by atoms with E-state index in [-0.39, 0.29) is 22.9 Å². The number of nitrogens with zero attached hydrogens (tertiary/aromatic N) is 6. The molecule has 0 radical (unpaired) electrons. The largest absolute Gasteiger partial charge is 0.466 e. The number of hydrogen-bond donors (Lipinski definition) is 0. The van der Waals surface area contributed by atoms with Gasteiger partial charge in [0.15, 0.2) is 0 Å². The molecule has 1 atom stereocenters. The van der Waals surface area contributed by atoms with Crippen LogP contribution in [-0.2, 0) is 27.0 Å². The number of amides is 1. The van der Waals surface area contributed by atoms with Crippen molar-refractivity contribution in [3.05, 3.63) is 87.0 Å². The van der Waals surface area contributed by atoms with Crippen LogP contribution in [0, 0.1) is 11.3 Å². The number of fused-ring (bicyclic) bond motifs is 1. The van der Waals surface area contributed by atoms with Crippen molar-refractivity contribution in [2.45, 2.75) is 25.7 Å². The average Bonchev–Trinajstić information content (AvgIpc) is 3.21. The van der Waals surface area contributed by atoms with Crippen molar-refractivity contribution >= 4 is 23.5 Å². The van der Waals surface area contributed by atoms with E-state index < -0.39 is 41.9 Å². The molecule has 0 bridgehead atoms. The number of ether oxygens (including phenoxy) is 1. The molecular formula is C26H23F3N6O4. The van der Waals surface area contributed by atoms with Gasteiger partial charge in [-0.15, -0.1) is 5.10 Å². The summed E-state index contributed by atoms with van der Waals surface area (Å²) in [5.41, 5.74) is -0.857. The summed E-state index contributed by atoms with van der Waals surface area (Å²) in [4.78, 5) is 41.8. The van der Waals surface area contributed by atoms with Gasteiger partial charge in [0.2, 0.25) is 11.9 Å².